The lowest BCUT2D eigenvalue weighted by Crippen LogP contribution is -2.35. The summed E-state index contributed by atoms with van der Waals surface area (Å²) < 4.78 is 5.41. The lowest BCUT2D eigenvalue weighted by atomic mass is 9.79. The largest absolute Gasteiger partial charge is 0.456 e. The van der Waals surface area contributed by atoms with E-state index < -0.39 is 0 Å². The van der Waals surface area contributed by atoms with Crippen molar-refractivity contribution >= 4 is 11.8 Å². The molecule has 0 aliphatic carbocycles. The fourth-order valence-electron chi connectivity index (χ4n) is 3.30. The van der Waals surface area contributed by atoms with Crippen LogP contribution in [0.15, 0.2) is 16.5 Å². The molecule has 2 aliphatic rings. The number of amides is 2. The summed E-state index contributed by atoms with van der Waals surface area (Å²) in [5.74, 6) is 1.25. The quantitative estimate of drug-likeness (QED) is 0.849. The zero-order chi connectivity index (χ0) is 14.2. The topological polar surface area (TPSA) is 62.6 Å². The van der Waals surface area contributed by atoms with Crippen LogP contribution in [0.4, 0.5) is 0 Å². The first kappa shape index (κ1) is 13.2. The summed E-state index contributed by atoms with van der Waals surface area (Å²) in [5.41, 5.74) is -0.242. The average Bonchev–Trinajstić information content (AvgIpc) is 2.93. The van der Waals surface area contributed by atoms with Gasteiger partial charge in [-0.1, -0.05) is 0 Å². The molecule has 20 heavy (non-hydrogen) atoms. The number of nitrogens with zero attached hydrogens (tertiary/aromatic N) is 1. The standard InChI is InChI=1S/C15H20N2O3/c1-11-3-4-12(20-11)13(18)17-9-2-5-15(7-10-17)6-8-16-14(15)19/h3-4H,2,5-10H2,1H3,(H,16,19). The number of nitrogens with one attached hydrogen (secondary N) is 1. The lowest BCUT2D eigenvalue weighted by molar-refractivity contribution is -0.128. The van der Waals surface area contributed by atoms with Crippen LogP contribution in [0.1, 0.15) is 42.0 Å². The molecular formula is C15H20N2O3. The van der Waals surface area contributed by atoms with Gasteiger partial charge in [0, 0.05) is 19.6 Å². The van der Waals surface area contributed by atoms with Crippen LogP contribution in [0, 0.1) is 12.3 Å². The van der Waals surface area contributed by atoms with E-state index in [1.807, 2.05) is 11.8 Å². The molecule has 2 saturated heterocycles. The minimum atomic E-state index is -0.242. The molecule has 2 amide bonds. The van der Waals surface area contributed by atoms with Gasteiger partial charge in [0.2, 0.25) is 5.91 Å². The fourth-order valence-corrected chi connectivity index (χ4v) is 3.30. The maximum atomic E-state index is 12.4. The van der Waals surface area contributed by atoms with Crippen molar-refractivity contribution in [2.24, 2.45) is 5.41 Å². The molecule has 3 heterocycles. The predicted molar refractivity (Wildman–Crippen MR) is 73.3 cm³/mol. The molecule has 2 aliphatic heterocycles. The predicted octanol–water partition coefficient (Wildman–Crippen LogP) is 1.72. The molecule has 1 N–H and O–H groups in total. The highest BCUT2D eigenvalue weighted by Gasteiger charge is 2.43. The summed E-state index contributed by atoms with van der Waals surface area (Å²) >= 11 is 0. The zero-order valence-corrected chi connectivity index (χ0v) is 11.8. The van der Waals surface area contributed by atoms with Crippen LogP contribution in [-0.2, 0) is 4.79 Å². The lowest BCUT2D eigenvalue weighted by Gasteiger charge is -2.24. The number of carbonyl (C=O) groups excluding carboxylic acids is 2. The summed E-state index contributed by atoms with van der Waals surface area (Å²) in [7, 11) is 0. The van der Waals surface area contributed by atoms with E-state index in [0.29, 0.717) is 18.8 Å². The molecule has 1 atom stereocenters. The number of hydrogen-bond donors (Lipinski definition) is 1. The zero-order valence-electron chi connectivity index (χ0n) is 11.8. The second-order valence-electron chi connectivity index (χ2n) is 5.84. The van der Waals surface area contributed by atoms with Crippen molar-refractivity contribution in [3.63, 3.8) is 0 Å². The Morgan fingerprint density at radius 1 is 1.30 bits per heavy atom. The minimum absolute atomic E-state index is 0.0615. The van der Waals surface area contributed by atoms with Crippen LogP contribution in [0.3, 0.4) is 0 Å². The Hall–Kier alpha value is -1.78. The smallest absolute Gasteiger partial charge is 0.289 e. The van der Waals surface area contributed by atoms with E-state index >= 15 is 0 Å². The van der Waals surface area contributed by atoms with E-state index in [4.69, 9.17) is 4.42 Å². The van der Waals surface area contributed by atoms with Gasteiger partial charge in [-0.15, -0.1) is 0 Å². The van der Waals surface area contributed by atoms with Gasteiger partial charge >= 0.3 is 0 Å². The number of rotatable bonds is 1. The van der Waals surface area contributed by atoms with Gasteiger partial charge in [0.1, 0.15) is 5.76 Å². The summed E-state index contributed by atoms with van der Waals surface area (Å²) in [6.07, 6.45) is 3.40. The van der Waals surface area contributed by atoms with E-state index in [-0.39, 0.29) is 17.2 Å². The minimum Gasteiger partial charge on any atom is -0.456 e. The SMILES string of the molecule is Cc1ccc(C(=O)N2CCCC3(CCNC3=O)CC2)o1. The maximum Gasteiger partial charge on any atom is 0.289 e. The van der Waals surface area contributed by atoms with E-state index in [9.17, 15) is 9.59 Å². The van der Waals surface area contributed by atoms with Crippen LogP contribution in [0.25, 0.3) is 0 Å². The van der Waals surface area contributed by atoms with Gasteiger partial charge < -0.3 is 14.6 Å². The fraction of sp³-hybridized carbons (Fsp3) is 0.600. The van der Waals surface area contributed by atoms with E-state index in [0.717, 1.165) is 38.0 Å². The molecule has 1 aromatic heterocycles. The van der Waals surface area contributed by atoms with Gasteiger partial charge in [-0.05, 0) is 44.7 Å². The number of carbonyl (C=O) groups is 2. The molecule has 3 rings (SSSR count). The van der Waals surface area contributed by atoms with Gasteiger partial charge in [-0.25, -0.2) is 0 Å². The molecule has 0 radical (unpaired) electrons. The molecule has 1 spiro atoms. The van der Waals surface area contributed by atoms with Gasteiger partial charge in [-0.3, -0.25) is 9.59 Å². The Morgan fingerprint density at radius 2 is 2.15 bits per heavy atom. The van der Waals surface area contributed by atoms with Crippen molar-refractivity contribution < 1.29 is 14.0 Å². The molecule has 5 nitrogen and oxygen atoms in total. The van der Waals surface area contributed by atoms with Crippen LogP contribution >= 0.6 is 0 Å². The summed E-state index contributed by atoms with van der Waals surface area (Å²) in [5, 5.41) is 2.93. The molecular weight excluding hydrogens is 256 g/mol. The number of furan rings is 1. The first-order chi connectivity index (χ1) is 9.61. The number of aryl methyl sites for hydroxylation is 1. The van der Waals surface area contributed by atoms with Crippen molar-refractivity contribution in [2.75, 3.05) is 19.6 Å². The van der Waals surface area contributed by atoms with Crippen molar-refractivity contribution in [1.82, 2.24) is 10.2 Å². The van der Waals surface area contributed by atoms with Gasteiger partial charge in [0.25, 0.3) is 5.91 Å². The van der Waals surface area contributed by atoms with Crippen LogP contribution < -0.4 is 5.32 Å². The normalized spacial score (nSPS) is 26.6. The Labute approximate surface area is 118 Å². The second-order valence-corrected chi connectivity index (χ2v) is 5.84. The van der Waals surface area contributed by atoms with Crippen molar-refractivity contribution in [3.05, 3.63) is 23.7 Å². The van der Waals surface area contributed by atoms with E-state index in [1.165, 1.54) is 0 Å². The first-order valence-electron chi connectivity index (χ1n) is 7.25. The van der Waals surface area contributed by atoms with Gasteiger partial charge in [0.05, 0.1) is 5.41 Å². The van der Waals surface area contributed by atoms with E-state index in [1.54, 1.807) is 12.1 Å². The Kier molecular flexibility index (Phi) is 3.28. The van der Waals surface area contributed by atoms with Crippen molar-refractivity contribution in [3.8, 4) is 0 Å². The van der Waals surface area contributed by atoms with Gasteiger partial charge in [0.15, 0.2) is 5.76 Å². The highest BCUT2D eigenvalue weighted by Crippen LogP contribution is 2.38. The van der Waals surface area contributed by atoms with Crippen molar-refractivity contribution in [2.45, 2.75) is 32.6 Å². The van der Waals surface area contributed by atoms with Gasteiger partial charge in [-0.2, -0.15) is 0 Å². The van der Waals surface area contributed by atoms with Crippen LogP contribution in [-0.4, -0.2) is 36.3 Å². The molecule has 5 heteroatoms. The monoisotopic (exact) mass is 276 g/mol. The molecule has 0 saturated carbocycles. The number of likely N-dealkylation sites (tertiary alicyclic amines) is 1. The third kappa shape index (κ3) is 2.21. The third-order valence-corrected chi connectivity index (χ3v) is 4.55. The highest BCUT2D eigenvalue weighted by molar-refractivity contribution is 5.91. The highest BCUT2D eigenvalue weighted by atomic mass is 16.3. The number of hydrogen-bond acceptors (Lipinski definition) is 3. The molecule has 2 fully saturated rings. The first-order valence-corrected chi connectivity index (χ1v) is 7.25. The van der Waals surface area contributed by atoms with Crippen molar-refractivity contribution in [1.29, 1.82) is 0 Å². The Bertz CT molecular complexity index is 537. The Morgan fingerprint density at radius 3 is 2.80 bits per heavy atom. The molecule has 1 unspecified atom stereocenters. The van der Waals surface area contributed by atoms with Crippen LogP contribution in [0.5, 0.6) is 0 Å². The average molecular weight is 276 g/mol. The van der Waals surface area contributed by atoms with Crippen LogP contribution in [0.2, 0.25) is 0 Å². The molecule has 1 aromatic rings. The molecule has 0 bridgehead atoms. The summed E-state index contributed by atoms with van der Waals surface area (Å²) in [4.78, 5) is 26.2. The molecule has 0 aromatic carbocycles. The molecule has 108 valence electrons. The van der Waals surface area contributed by atoms with E-state index in [2.05, 4.69) is 5.32 Å². The second kappa shape index (κ2) is 4.96. The Balaban J connectivity index is 1.71. The summed E-state index contributed by atoms with van der Waals surface area (Å²) in [6, 6.07) is 3.53. The maximum absolute atomic E-state index is 12.4. The third-order valence-electron chi connectivity index (χ3n) is 4.55. The summed E-state index contributed by atoms with van der Waals surface area (Å²) in [6.45, 7) is 3.93.